The molecule has 37 heavy (non-hydrogen) atoms. The SMILES string of the molecule is CSc1ccc(F)cc1.O=C(NSc1cc(F)c(NCCCN2CC(F)C2)c(F)c1)C1CCCCCO1. The van der Waals surface area contributed by atoms with Gasteiger partial charge in [0.2, 0.25) is 0 Å². The summed E-state index contributed by atoms with van der Waals surface area (Å²) in [6, 6.07) is 8.83. The van der Waals surface area contributed by atoms with Gasteiger partial charge in [-0.3, -0.25) is 14.4 Å². The maximum absolute atomic E-state index is 14.2. The number of rotatable bonds is 9. The van der Waals surface area contributed by atoms with Crippen molar-refractivity contribution >= 4 is 35.3 Å². The minimum atomic E-state index is -0.748. The number of halogens is 4. The molecule has 204 valence electrons. The van der Waals surface area contributed by atoms with Gasteiger partial charge in [-0.25, -0.2) is 17.6 Å². The molecule has 4 rings (SSSR count). The Balaban J connectivity index is 0.000000356. The second-order valence-corrected chi connectivity index (χ2v) is 10.6. The topological polar surface area (TPSA) is 53.6 Å². The third kappa shape index (κ3) is 10.0. The number of benzene rings is 2. The number of hydrogen-bond acceptors (Lipinski definition) is 6. The summed E-state index contributed by atoms with van der Waals surface area (Å²) in [5, 5.41) is 2.76. The Morgan fingerprint density at radius 3 is 2.41 bits per heavy atom. The lowest BCUT2D eigenvalue weighted by atomic mass is 10.1. The number of carbonyl (C=O) groups is 1. The van der Waals surface area contributed by atoms with Gasteiger partial charge in [0.25, 0.3) is 5.91 Å². The lowest BCUT2D eigenvalue weighted by Gasteiger charge is -2.34. The molecular weight excluding hydrogens is 526 g/mol. The predicted octanol–water partition coefficient (Wildman–Crippen LogP) is 6.05. The maximum atomic E-state index is 14.2. The summed E-state index contributed by atoms with van der Waals surface area (Å²) < 4.78 is 61.5. The number of thioether (sulfide) groups is 1. The fourth-order valence-corrected chi connectivity index (χ4v) is 4.94. The number of nitrogens with one attached hydrogen (secondary N) is 2. The first kappa shape index (κ1) is 29.6. The number of anilines is 1. The summed E-state index contributed by atoms with van der Waals surface area (Å²) in [6.07, 6.45) is 4.94. The van der Waals surface area contributed by atoms with Crippen molar-refractivity contribution in [3.05, 3.63) is 53.8 Å². The van der Waals surface area contributed by atoms with Crippen LogP contribution in [0.1, 0.15) is 32.1 Å². The van der Waals surface area contributed by atoms with Gasteiger partial charge >= 0.3 is 0 Å². The van der Waals surface area contributed by atoms with Crippen LogP contribution >= 0.6 is 23.7 Å². The van der Waals surface area contributed by atoms with E-state index in [1.54, 1.807) is 23.9 Å². The molecule has 1 amide bonds. The van der Waals surface area contributed by atoms with Gasteiger partial charge in [-0.15, -0.1) is 11.8 Å². The Labute approximate surface area is 224 Å². The van der Waals surface area contributed by atoms with Crippen molar-refractivity contribution in [2.75, 3.05) is 44.4 Å². The molecule has 2 N–H and O–H groups in total. The number of carbonyl (C=O) groups excluding carboxylic acids is 1. The maximum Gasteiger partial charge on any atom is 0.259 e. The average Bonchev–Trinajstić information content (AvgIpc) is 3.16. The molecule has 0 aromatic heterocycles. The van der Waals surface area contributed by atoms with E-state index in [9.17, 15) is 22.4 Å². The molecule has 2 fully saturated rings. The van der Waals surface area contributed by atoms with E-state index in [-0.39, 0.29) is 22.3 Å². The van der Waals surface area contributed by atoms with Gasteiger partial charge in [0.1, 0.15) is 35.4 Å². The molecule has 0 saturated carbocycles. The third-order valence-corrected chi connectivity index (χ3v) is 7.44. The van der Waals surface area contributed by atoms with Crippen LogP contribution in [0.4, 0.5) is 23.2 Å². The Morgan fingerprint density at radius 1 is 1.05 bits per heavy atom. The van der Waals surface area contributed by atoms with E-state index >= 15 is 0 Å². The number of hydrogen-bond donors (Lipinski definition) is 2. The third-order valence-electron chi connectivity index (χ3n) is 5.92. The van der Waals surface area contributed by atoms with Gasteiger partial charge in [0.15, 0.2) is 0 Å². The van der Waals surface area contributed by atoms with Gasteiger partial charge in [-0.2, -0.15) is 0 Å². The Bertz CT molecular complexity index is 963. The normalized spacial score (nSPS) is 18.2. The van der Waals surface area contributed by atoms with Crippen LogP contribution in [0.15, 0.2) is 46.2 Å². The zero-order valence-corrected chi connectivity index (χ0v) is 22.4. The van der Waals surface area contributed by atoms with E-state index < -0.39 is 23.9 Å². The van der Waals surface area contributed by atoms with Crippen molar-refractivity contribution in [3.8, 4) is 0 Å². The van der Waals surface area contributed by atoms with Crippen LogP contribution in [0.2, 0.25) is 0 Å². The van der Waals surface area contributed by atoms with Crippen LogP contribution in [-0.2, 0) is 9.53 Å². The molecule has 2 saturated heterocycles. The highest BCUT2D eigenvalue weighted by Gasteiger charge is 2.25. The zero-order valence-electron chi connectivity index (χ0n) is 20.8. The van der Waals surface area contributed by atoms with Crippen LogP contribution in [0, 0.1) is 17.5 Å². The van der Waals surface area contributed by atoms with E-state index in [1.165, 1.54) is 24.3 Å². The van der Waals surface area contributed by atoms with Crippen molar-refractivity contribution in [1.82, 2.24) is 9.62 Å². The summed E-state index contributed by atoms with van der Waals surface area (Å²) in [5.74, 6) is -1.88. The first-order chi connectivity index (χ1) is 17.9. The van der Waals surface area contributed by atoms with Crippen molar-refractivity contribution in [3.63, 3.8) is 0 Å². The minimum Gasteiger partial charge on any atom is -0.380 e. The lowest BCUT2D eigenvalue weighted by Crippen LogP contribution is -2.48. The zero-order chi connectivity index (χ0) is 26.6. The molecule has 0 radical (unpaired) electrons. The van der Waals surface area contributed by atoms with Crippen LogP contribution < -0.4 is 10.0 Å². The van der Waals surface area contributed by atoms with E-state index in [0.717, 1.165) is 36.1 Å². The molecule has 2 aromatic carbocycles. The quantitative estimate of drug-likeness (QED) is 0.169. The Kier molecular flexibility index (Phi) is 12.4. The molecule has 1 unspecified atom stereocenters. The van der Waals surface area contributed by atoms with Gasteiger partial charge in [-0.05, 0) is 73.9 Å². The van der Waals surface area contributed by atoms with Crippen molar-refractivity contribution < 1.29 is 27.1 Å². The standard InChI is InChI=1S/C19H26F3N3O2S.C7H7FS/c20-13-11-25(12-13)7-4-6-23-18-15(21)9-14(10-16(18)22)28-24-19(26)17-5-2-1-3-8-27-17;1-9-7-4-2-6(8)3-5-7/h9-10,13,17,23H,1-8,11-12H2,(H,24,26);2-5H,1H3. The average molecular weight is 560 g/mol. The van der Waals surface area contributed by atoms with Crippen LogP contribution in [0.25, 0.3) is 0 Å². The largest absolute Gasteiger partial charge is 0.380 e. The molecule has 1 atom stereocenters. The van der Waals surface area contributed by atoms with E-state index in [1.807, 2.05) is 11.2 Å². The van der Waals surface area contributed by atoms with E-state index in [4.69, 9.17) is 4.74 Å². The second-order valence-electron chi connectivity index (χ2n) is 8.83. The van der Waals surface area contributed by atoms with Crippen molar-refractivity contribution in [2.24, 2.45) is 0 Å². The molecular formula is C26H33F4N3O2S2. The molecule has 0 bridgehead atoms. The summed E-state index contributed by atoms with van der Waals surface area (Å²) in [6.45, 7) is 2.51. The van der Waals surface area contributed by atoms with Crippen LogP contribution in [0.3, 0.4) is 0 Å². The van der Waals surface area contributed by atoms with Gasteiger partial charge in [0.05, 0.1) is 0 Å². The van der Waals surface area contributed by atoms with E-state index in [2.05, 4.69) is 10.0 Å². The molecule has 0 aliphatic carbocycles. The summed E-state index contributed by atoms with van der Waals surface area (Å²) in [7, 11) is 0. The molecule has 2 aliphatic rings. The lowest BCUT2D eigenvalue weighted by molar-refractivity contribution is -0.130. The Morgan fingerprint density at radius 2 is 1.76 bits per heavy atom. The molecule has 11 heteroatoms. The number of likely N-dealkylation sites (tertiary alicyclic amines) is 1. The Hall–Kier alpha value is -1.95. The van der Waals surface area contributed by atoms with E-state index in [0.29, 0.717) is 45.6 Å². The smallest absolute Gasteiger partial charge is 0.259 e. The highest BCUT2D eigenvalue weighted by atomic mass is 32.2. The summed E-state index contributed by atoms with van der Waals surface area (Å²) in [5.41, 5.74) is -0.185. The first-order valence-corrected chi connectivity index (χ1v) is 14.4. The minimum absolute atomic E-state index is 0.173. The van der Waals surface area contributed by atoms with Gasteiger partial charge < -0.3 is 10.1 Å². The molecule has 2 aliphatic heterocycles. The van der Waals surface area contributed by atoms with Crippen LogP contribution in [0.5, 0.6) is 0 Å². The monoisotopic (exact) mass is 559 g/mol. The fourth-order valence-electron chi connectivity index (χ4n) is 3.85. The molecule has 0 spiro atoms. The fraction of sp³-hybridized carbons (Fsp3) is 0.500. The van der Waals surface area contributed by atoms with Crippen molar-refractivity contribution in [1.29, 1.82) is 0 Å². The molecule has 5 nitrogen and oxygen atoms in total. The highest BCUT2D eigenvalue weighted by Crippen LogP contribution is 2.26. The molecule has 2 aromatic rings. The van der Waals surface area contributed by atoms with Gasteiger partial charge in [0, 0.05) is 42.6 Å². The predicted molar refractivity (Wildman–Crippen MR) is 141 cm³/mol. The van der Waals surface area contributed by atoms with Crippen LogP contribution in [-0.4, -0.2) is 62.1 Å². The van der Waals surface area contributed by atoms with Gasteiger partial charge in [-0.1, -0.05) is 12.8 Å². The second kappa shape index (κ2) is 15.5. The first-order valence-electron chi connectivity index (χ1n) is 12.3. The number of alkyl halides is 1. The van der Waals surface area contributed by atoms with Crippen molar-refractivity contribution in [2.45, 2.75) is 54.2 Å². The summed E-state index contributed by atoms with van der Waals surface area (Å²) >= 11 is 2.49. The number of nitrogens with zero attached hydrogens (tertiary/aromatic N) is 1. The number of amides is 1. The summed E-state index contributed by atoms with van der Waals surface area (Å²) in [4.78, 5) is 15.5. The highest BCUT2D eigenvalue weighted by molar-refractivity contribution is 7.98. The number of ether oxygens (including phenoxy) is 1. The molecule has 2 heterocycles.